The minimum absolute atomic E-state index is 0. The molecule has 2 rings (SSSR count). The van der Waals surface area contributed by atoms with Crippen LogP contribution in [0.4, 0.5) is 0 Å². The number of hydrogen-bond acceptors (Lipinski definition) is 4. The third-order valence-electron chi connectivity index (χ3n) is 1.67. The van der Waals surface area contributed by atoms with Gasteiger partial charge in [0.25, 0.3) is 0 Å². The Bertz CT molecular complexity index is 182. The van der Waals surface area contributed by atoms with Gasteiger partial charge in [0.05, 0.1) is 0 Å². The minimum Gasteiger partial charge on any atom is -0.862 e. The van der Waals surface area contributed by atoms with Crippen LogP contribution < -0.4 is 10.2 Å². The molecule has 0 fully saturated rings. The standard InChI is InChI=1S/2C4H7NO.Sr/c2*6-4-2-1-3-5-4;/h2*1-3H2,(H,5,6);/q;;+2/p-2. The van der Waals surface area contributed by atoms with Crippen molar-refractivity contribution in [2.45, 2.75) is 25.7 Å². The fourth-order valence-corrected chi connectivity index (χ4v) is 1.03. The first-order valence-electron chi connectivity index (χ1n) is 4.20. The maximum Gasteiger partial charge on any atom is 2.00 e. The van der Waals surface area contributed by atoms with E-state index < -0.39 is 0 Å². The number of aliphatic imine (C=N–C) groups is 2. The molecule has 0 atom stereocenters. The molecule has 0 unspecified atom stereocenters. The molecule has 0 aromatic heterocycles. The van der Waals surface area contributed by atoms with E-state index in [9.17, 15) is 10.2 Å². The van der Waals surface area contributed by atoms with Crippen LogP contribution in [0.1, 0.15) is 25.7 Å². The Kier molecular flexibility index (Phi) is 8.04. The van der Waals surface area contributed by atoms with Gasteiger partial charge in [0.15, 0.2) is 0 Å². The molecule has 2 aliphatic rings. The fraction of sp³-hybridized carbons (Fsp3) is 0.750. The minimum atomic E-state index is 0. The van der Waals surface area contributed by atoms with E-state index in [-0.39, 0.29) is 57.3 Å². The zero-order valence-electron chi connectivity index (χ0n) is 7.66. The van der Waals surface area contributed by atoms with E-state index in [2.05, 4.69) is 9.98 Å². The van der Waals surface area contributed by atoms with Crippen LogP contribution in [0, 0.1) is 0 Å². The van der Waals surface area contributed by atoms with Crippen molar-refractivity contribution in [3.05, 3.63) is 0 Å². The summed E-state index contributed by atoms with van der Waals surface area (Å²) in [6.07, 6.45) is 3.30. The Morgan fingerprint density at radius 3 is 1.31 bits per heavy atom. The summed E-state index contributed by atoms with van der Waals surface area (Å²) in [5, 5.41) is 20.2. The topological polar surface area (TPSA) is 70.8 Å². The van der Waals surface area contributed by atoms with Crippen molar-refractivity contribution < 1.29 is 10.2 Å². The van der Waals surface area contributed by atoms with E-state index in [1.807, 2.05) is 0 Å². The Morgan fingerprint density at radius 1 is 0.846 bits per heavy atom. The Balaban J connectivity index is 0.000000206. The van der Waals surface area contributed by atoms with Gasteiger partial charge in [-0.15, -0.1) is 0 Å². The van der Waals surface area contributed by atoms with E-state index in [1.54, 1.807) is 0 Å². The van der Waals surface area contributed by atoms with Crippen LogP contribution in [0.5, 0.6) is 0 Å². The van der Waals surface area contributed by atoms with Gasteiger partial charge in [0.1, 0.15) is 0 Å². The second kappa shape index (κ2) is 7.79. The van der Waals surface area contributed by atoms with E-state index in [4.69, 9.17) is 0 Å². The van der Waals surface area contributed by atoms with E-state index >= 15 is 0 Å². The van der Waals surface area contributed by atoms with Gasteiger partial charge in [0, 0.05) is 13.1 Å². The zero-order chi connectivity index (χ0) is 8.81. The van der Waals surface area contributed by atoms with Gasteiger partial charge < -0.3 is 20.2 Å². The monoisotopic (exact) mass is 256 g/mol. The van der Waals surface area contributed by atoms with Crippen molar-refractivity contribution in [1.29, 1.82) is 0 Å². The smallest absolute Gasteiger partial charge is 0.862 e. The Morgan fingerprint density at radius 2 is 1.23 bits per heavy atom. The molecule has 4 nitrogen and oxygen atoms in total. The van der Waals surface area contributed by atoms with Crippen molar-refractivity contribution in [1.82, 2.24) is 0 Å². The molecule has 0 N–H and O–H groups in total. The molecule has 5 heteroatoms. The summed E-state index contributed by atoms with van der Waals surface area (Å²) >= 11 is 0. The van der Waals surface area contributed by atoms with Gasteiger partial charge in [0.2, 0.25) is 0 Å². The predicted molar refractivity (Wildman–Crippen MR) is 48.8 cm³/mol. The average molecular weight is 256 g/mol. The normalized spacial score (nSPS) is 19.4. The molecule has 0 saturated carbocycles. The summed E-state index contributed by atoms with van der Waals surface area (Å²) in [6, 6.07) is 0. The van der Waals surface area contributed by atoms with Crippen molar-refractivity contribution in [3.8, 4) is 0 Å². The molecular formula is C8H12N2O2Sr. The third-order valence-corrected chi connectivity index (χ3v) is 1.67. The molecule has 68 valence electrons. The molecule has 2 aliphatic heterocycles. The molecule has 0 bridgehead atoms. The van der Waals surface area contributed by atoms with Crippen LogP contribution >= 0.6 is 0 Å². The van der Waals surface area contributed by atoms with Crippen LogP contribution in [-0.2, 0) is 0 Å². The van der Waals surface area contributed by atoms with Crippen LogP contribution in [-0.4, -0.2) is 70.4 Å². The van der Waals surface area contributed by atoms with Gasteiger partial charge in [-0.3, -0.25) is 0 Å². The SMILES string of the molecule is [O-]C1=NCCC1.[O-]C1=NCCC1.[Sr+2]. The van der Waals surface area contributed by atoms with Crippen molar-refractivity contribution in [3.63, 3.8) is 0 Å². The van der Waals surface area contributed by atoms with Crippen LogP contribution in [0.25, 0.3) is 0 Å². The molecule has 2 heterocycles. The van der Waals surface area contributed by atoms with Crippen molar-refractivity contribution in [2.75, 3.05) is 13.1 Å². The first-order chi connectivity index (χ1) is 5.79. The van der Waals surface area contributed by atoms with Gasteiger partial charge in [-0.1, -0.05) is 0 Å². The van der Waals surface area contributed by atoms with Gasteiger partial charge in [-0.05, 0) is 37.5 Å². The predicted octanol–water partition coefficient (Wildman–Crippen LogP) is -1.30. The summed E-state index contributed by atoms with van der Waals surface area (Å²) in [6.45, 7) is 1.53. The average Bonchev–Trinajstić information content (AvgIpc) is 2.63. The first-order valence-corrected chi connectivity index (χ1v) is 4.20. The summed E-state index contributed by atoms with van der Waals surface area (Å²) in [5.41, 5.74) is 0. The number of rotatable bonds is 0. The summed E-state index contributed by atoms with van der Waals surface area (Å²) in [4.78, 5) is 7.19. The molecule has 0 aromatic rings. The Hall–Kier alpha value is 0.421. The van der Waals surface area contributed by atoms with Crippen molar-refractivity contribution >= 4 is 57.3 Å². The summed E-state index contributed by atoms with van der Waals surface area (Å²) in [7, 11) is 0. The molecule has 0 aromatic carbocycles. The van der Waals surface area contributed by atoms with Gasteiger partial charge in [-0.25, -0.2) is 0 Å². The molecule has 0 amide bonds. The fourth-order valence-electron chi connectivity index (χ4n) is 1.03. The summed E-state index contributed by atoms with van der Waals surface area (Å²) < 4.78 is 0. The quantitative estimate of drug-likeness (QED) is 0.505. The molecule has 0 saturated heterocycles. The van der Waals surface area contributed by atoms with Gasteiger partial charge >= 0.3 is 45.5 Å². The second-order valence-electron chi connectivity index (χ2n) is 2.76. The molecular weight excluding hydrogens is 244 g/mol. The van der Waals surface area contributed by atoms with Crippen LogP contribution in [0.15, 0.2) is 9.98 Å². The Labute approximate surface area is 115 Å². The molecule has 0 radical (unpaired) electrons. The van der Waals surface area contributed by atoms with E-state index in [0.717, 1.165) is 25.9 Å². The maximum atomic E-state index is 10.1. The molecule has 13 heavy (non-hydrogen) atoms. The van der Waals surface area contributed by atoms with Gasteiger partial charge in [-0.2, -0.15) is 0 Å². The molecule has 0 aliphatic carbocycles. The summed E-state index contributed by atoms with van der Waals surface area (Å²) in [5.74, 6) is 0.157. The first kappa shape index (κ1) is 13.4. The van der Waals surface area contributed by atoms with Crippen LogP contribution in [0.3, 0.4) is 0 Å². The number of hydrogen-bond donors (Lipinski definition) is 0. The zero-order valence-corrected chi connectivity index (χ0v) is 11.1. The van der Waals surface area contributed by atoms with E-state index in [0.29, 0.717) is 12.8 Å². The van der Waals surface area contributed by atoms with Crippen molar-refractivity contribution in [2.24, 2.45) is 9.98 Å². The maximum absolute atomic E-state index is 10.1. The number of nitrogens with zero attached hydrogens (tertiary/aromatic N) is 2. The largest absolute Gasteiger partial charge is 2.00 e. The molecule has 0 spiro atoms. The third kappa shape index (κ3) is 6.49. The van der Waals surface area contributed by atoms with Crippen LogP contribution in [0.2, 0.25) is 0 Å². The van der Waals surface area contributed by atoms with E-state index in [1.165, 1.54) is 0 Å². The second-order valence-corrected chi connectivity index (χ2v) is 2.76.